The molecule has 2 nitrogen and oxygen atoms in total. The van der Waals surface area contributed by atoms with E-state index >= 15 is 0 Å². The molecule has 0 fully saturated rings. The van der Waals surface area contributed by atoms with E-state index in [1.807, 2.05) is 38.1 Å². The Morgan fingerprint density at radius 2 is 2.00 bits per heavy atom. The topological polar surface area (TPSA) is 26.3 Å². The van der Waals surface area contributed by atoms with Crippen molar-refractivity contribution in [2.45, 2.75) is 33.6 Å². The summed E-state index contributed by atoms with van der Waals surface area (Å²) < 4.78 is 5.47. The Kier molecular flexibility index (Phi) is 5.03. The lowest BCUT2D eigenvalue weighted by Crippen LogP contribution is -2.12. The first-order valence-corrected chi connectivity index (χ1v) is 5.96. The zero-order chi connectivity index (χ0) is 12.0. The summed E-state index contributed by atoms with van der Waals surface area (Å²) in [4.78, 5) is 12.2. The van der Waals surface area contributed by atoms with Crippen molar-refractivity contribution in [1.29, 1.82) is 0 Å². The van der Waals surface area contributed by atoms with Crippen LogP contribution in [0.3, 0.4) is 0 Å². The van der Waals surface area contributed by atoms with Gasteiger partial charge in [0.15, 0.2) is 5.78 Å². The Morgan fingerprint density at radius 3 is 2.62 bits per heavy atom. The van der Waals surface area contributed by atoms with Crippen molar-refractivity contribution in [1.82, 2.24) is 0 Å². The fraction of sp³-hybridized carbons (Fsp3) is 0.500. The van der Waals surface area contributed by atoms with E-state index in [0.29, 0.717) is 17.9 Å². The number of hydrogen-bond acceptors (Lipinski definition) is 2. The standard InChI is InChI=1S/C14H20O2/c1-4-8-11(3)14(15)12-9-6-7-10-13(12)16-5-2/h6-7,9-11H,4-5,8H2,1-3H3. The first-order chi connectivity index (χ1) is 7.70. The maximum atomic E-state index is 12.2. The molecule has 0 spiro atoms. The lowest BCUT2D eigenvalue weighted by molar-refractivity contribution is 0.0919. The lowest BCUT2D eigenvalue weighted by atomic mass is 9.95. The minimum atomic E-state index is 0.0756. The van der Waals surface area contributed by atoms with Crippen LogP contribution in [0.1, 0.15) is 44.0 Å². The third kappa shape index (κ3) is 3.09. The molecular weight excluding hydrogens is 200 g/mol. The van der Waals surface area contributed by atoms with Crippen LogP contribution in [-0.4, -0.2) is 12.4 Å². The molecule has 1 aromatic carbocycles. The van der Waals surface area contributed by atoms with E-state index < -0.39 is 0 Å². The molecule has 0 aromatic heterocycles. The molecule has 1 unspecified atom stereocenters. The Balaban J connectivity index is 2.89. The van der Waals surface area contributed by atoms with Gasteiger partial charge in [0, 0.05) is 5.92 Å². The number of para-hydroxylation sites is 1. The molecule has 0 aliphatic rings. The summed E-state index contributed by atoms with van der Waals surface area (Å²) in [6.45, 7) is 6.59. The Morgan fingerprint density at radius 1 is 1.31 bits per heavy atom. The second-order valence-corrected chi connectivity index (χ2v) is 3.98. The van der Waals surface area contributed by atoms with Gasteiger partial charge >= 0.3 is 0 Å². The SMILES string of the molecule is CCCC(C)C(=O)c1ccccc1OCC. The third-order valence-electron chi connectivity index (χ3n) is 2.62. The quantitative estimate of drug-likeness (QED) is 0.683. The summed E-state index contributed by atoms with van der Waals surface area (Å²) in [6.07, 6.45) is 1.96. The Bertz CT molecular complexity index is 344. The van der Waals surface area contributed by atoms with Gasteiger partial charge in [0.2, 0.25) is 0 Å². The van der Waals surface area contributed by atoms with Gasteiger partial charge in [-0.25, -0.2) is 0 Å². The van der Waals surface area contributed by atoms with Gasteiger partial charge in [-0.3, -0.25) is 4.79 Å². The first-order valence-electron chi connectivity index (χ1n) is 5.96. The second-order valence-electron chi connectivity index (χ2n) is 3.98. The van der Waals surface area contributed by atoms with E-state index in [1.165, 1.54) is 0 Å². The molecule has 0 bridgehead atoms. The monoisotopic (exact) mass is 220 g/mol. The smallest absolute Gasteiger partial charge is 0.169 e. The van der Waals surface area contributed by atoms with Crippen LogP contribution in [0.25, 0.3) is 0 Å². The maximum Gasteiger partial charge on any atom is 0.169 e. The molecule has 1 rings (SSSR count). The van der Waals surface area contributed by atoms with E-state index in [0.717, 1.165) is 12.8 Å². The largest absolute Gasteiger partial charge is 0.493 e. The van der Waals surface area contributed by atoms with Crippen molar-refractivity contribution >= 4 is 5.78 Å². The van der Waals surface area contributed by atoms with Crippen LogP contribution in [0.2, 0.25) is 0 Å². The summed E-state index contributed by atoms with van der Waals surface area (Å²) in [5.41, 5.74) is 0.713. The number of rotatable bonds is 6. The van der Waals surface area contributed by atoms with Crippen LogP contribution in [0.5, 0.6) is 5.75 Å². The molecule has 0 radical (unpaired) electrons. The van der Waals surface area contributed by atoms with Crippen LogP contribution in [0, 0.1) is 5.92 Å². The van der Waals surface area contributed by atoms with Gasteiger partial charge in [-0.2, -0.15) is 0 Å². The fourth-order valence-electron chi connectivity index (χ4n) is 1.78. The molecule has 88 valence electrons. The van der Waals surface area contributed by atoms with E-state index in [2.05, 4.69) is 6.92 Å². The Hall–Kier alpha value is -1.31. The second kappa shape index (κ2) is 6.31. The van der Waals surface area contributed by atoms with Gasteiger partial charge in [-0.05, 0) is 25.5 Å². The Labute approximate surface area is 97.6 Å². The normalized spacial score (nSPS) is 12.2. The molecule has 16 heavy (non-hydrogen) atoms. The number of benzene rings is 1. The van der Waals surface area contributed by atoms with Crippen molar-refractivity contribution in [3.8, 4) is 5.75 Å². The van der Waals surface area contributed by atoms with Gasteiger partial charge in [-0.1, -0.05) is 32.4 Å². The zero-order valence-electron chi connectivity index (χ0n) is 10.3. The average Bonchev–Trinajstić information content (AvgIpc) is 2.29. The molecule has 0 amide bonds. The molecule has 0 aliphatic heterocycles. The summed E-state index contributed by atoms with van der Waals surface area (Å²) >= 11 is 0. The summed E-state index contributed by atoms with van der Waals surface area (Å²) in [6, 6.07) is 7.48. The van der Waals surface area contributed by atoms with E-state index in [1.54, 1.807) is 0 Å². The predicted molar refractivity (Wildman–Crippen MR) is 66.0 cm³/mol. The number of ketones is 1. The van der Waals surface area contributed by atoms with Crippen LogP contribution in [0.4, 0.5) is 0 Å². The van der Waals surface area contributed by atoms with E-state index in [9.17, 15) is 4.79 Å². The van der Waals surface area contributed by atoms with Crippen LogP contribution in [0.15, 0.2) is 24.3 Å². The molecule has 2 heteroatoms. The van der Waals surface area contributed by atoms with Gasteiger partial charge in [0.1, 0.15) is 5.75 Å². The molecule has 0 saturated carbocycles. The molecule has 1 atom stereocenters. The van der Waals surface area contributed by atoms with Crippen molar-refractivity contribution in [2.24, 2.45) is 5.92 Å². The highest BCUT2D eigenvalue weighted by Crippen LogP contribution is 2.23. The number of ether oxygens (including phenoxy) is 1. The molecule has 1 aromatic rings. The minimum Gasteiger partial charge on any atom is -0.493 e. The van der Waals surface area contributed by atoms with Crippen LogP contribution < -0.4 is 4.74 Å². The molecule has 0 aliphatic carbocycles. The number of carbonyl (C=O) groups excluding carboxylic acids is 1. The fourth-order valence-corrected chi connectivity index (χ4v) is 1.78. The highest BCUT2D eigenvalue weighted by Gasteiger charge is 2.17. The lowest BCUT2D eigenvalue weighted by Gasteiger charge is -2.13. The summed E-state index contributed by atoms with van der Waals surface area (Å²) in [7, 11) is 0. The number of carbonyl (C=O) groups is 1. The average molecular weight is 220 g/mol. The summed E-state index contributed by atoms with van der Waals surface area (Å²) in [5.74, 6) is 0.968. The minimum absolute atomic E-state index is 0.0756. The molecule has 0 heterocycles. The van der Waals surface area contributed by atoms with Gasteiger partial charge in [-0.15, -0.1) is 0 Å². The molecular formula is C14H20O2. The predicted octanol–water partition coefficient (Wildman–Crippen LogP) is 3.70. The highest BCUT2D eigenvalue weighted by molar-refractivity contribution is 6.00. The molecule has 0 N–H and O–H groups in total. The van der Waals surface area contributed by atoms with Crippen molar-refractivity contribution < 1.29 is 9.53 Å². The van der Waals surface area contributed by atoms with Crippen molar-refractivity contribution in [3.63, 3.8) is 0 Å². The van der Waals surface area contributed by atoms with Crippen LogP contribution in [-0.2, 0) is 0 Å². The van der Waals surface area contributed by atoms with E-state index in [-0.39, 0.29) is 11.7 Å². The van der Waals surface area contributed by atoms with Gasteiger partial charge < -0.3 is 4.74 Å². The zero-order valence-corrected chi connectivity index (χ0v) is 10.3. The van der Waals surface area contributed by atoms with Gasteiger partial charge in [0.05, 0.1) is 12.2 Å². The van der Waals surface area contributed by atoms with Crippen molar-refractivity contribution in [3.05, 3.63) is 29.8 Å². The highest BCUT2D eigenvalue weighted by atomic mass is 16.5. The first kappa shape index (κ1) is 12.8. The van der Waals surface area contributed by atoms with Crippen molar-refractivity contribution in [2.75, 3.05) is 6.61 Å². The van der Waals surface area contributed by atoms with E-state index in [4.69, 9.17) is 4.74 Å². The maximum absolute atomic E-state index is 12.2. The summed E-state index contributed by atoms with van der Waals surface area (Å²) in [5, 5.41) is 0. The van der Waals surface area contributed by atoms with Gasteiger partial charge in [0.25, 0.3) is 0 Å². The number of Topliss-reactive ketones (excluding diaryl/α,β-unsaturated/α-hetero) is 1. The van der Waals surface area contributed by atoms with Crippen LogP contribution >= 0.6 is 0 Å². The number of hydrogen-bond donors (Lipinski definition) is 0. The third-order valence-corrected chi connectivity index (χ3v) is 2.62. The molecule has 0 saturated heterocycles.